The number of nitrogens with one attached hydrogen (secondary N) is 1. The molecule has 1 atom stereocenters. The molecule has 1 saturated heterocycles. The molecule has 1 fully saturated rings. The summed E-state index contributed by atoms with van der Waals surface area (Å²) in [4.78, 5) is 18.0. The fourth-order valence-electron chi connectivity index (χ4n) is 2.25. The second kappa shape index (κ2) is 5.03. The molecule has 5 heteroatoms. The molecule has 1 aliphatic heterocycles. The number of pyridine rings is 1. The van der Waals surface area contributed by atoms with Gasteiger partial charge in [-0.3, -0.25) is 4.79 Å². The summed E-state index contributed by atoms with van der Waals surface area (Å²) in [5.41, 5.74) is 6.53. The molecule has 1 unspecified atom stereocenters. The number of likely N-dealkylation sites (N-methyl/N-ethyl adjacent to an activating group) is 1. The first kappa shape index (κ1) is 11.7. The van der Waals surface area contributed by atoms with Gasteiger partial charge in [0.05, 0.1) is 11.9 Å². The number of anilines is 2. The molecule has 92 valence electrons. The Labute approximate surface area is 101 Å². The largest absolute Gasteiger partial charge is 0.384 e. The van der Waals surface area contributed by atoms with Crippen LogP contribution in [0.4, 0.5) is 11.5 Å². The molecule has 3 N–H and O–H groups in total. The summed E-state index contributed by atoms with van der Waals surface area (Å²) in [6.07, 6.45) is 4.83. The minimum atomic E-state index is -0.0841. The maximum atomic E-state index is 11.8. The molecule has 2 heterocycles. The predicted octanol–water partition coefficient (Wildman–Crippen LogP) is 0.769. The van der Waals surface area contributed by atoms with E-state index in [-0.39, 0.29) is 11.9 Å². The van der Waals surface area contributed by atoms with E-state index in [0.29, 0.717) is 5.82 Å². The van der Waals surface area contributed by atoms with Crippen molar-refractivity contribution < 1.29 is 4.79 Å². The first-order valence-corrected chi connectivity index (χ1v) is 5.92. The van der Waals surface area contributed by atoms with Crippen LogP contribution in [0.1, 0.15) is 19.3 Å². The third kappa shape index (κ3) is 2.49. The number of nitrogen functional groups attached to an aromatic ring is 1. The molecule has 1 amide bonds. The van der Waals surface area contributed by atoms with Gasteiger partial charge in [-0.05, 0) is 31.4 Å². The molecule has 0 spiro atoms. The smallest absolute Gasteiger partial charge is 0.242 e. The van der Waals surface area contributed by atoms with Gasteiger partial charge in [0.15, 0.2) is 0 Å². The Hall–Kier alpha value is -1.78. The number of nitrogens with two attached hydrogens (primary N) is 1. The number of carbonyl (C=O) groups is 1. The lowest BCUT2D eigenvalue weighted by Gasteiger charge is -2.36. The summed E-state index contributed by atoms with van der Waals surface area (Å²) < 4.78 is 0. The molecular formula is C12H18N4O. The van der Waals surface area contributed by atoms with Gasteiger partial charge in [-0.15, -0.1) is 0 Å². The Morgan fingerprint density at radius 1 is 1.53 bits per heavy atom. The van der Waals surface area contributed by atoms with Crippen LogP contribution in [0.5, 0.6) is 0 Å². The fourth-order valence-corrected chi connectivity index (χ4v) is 2.25. The van der Waals surface area contributed by atoms with E-state index >= 15 is 0 Å². The Morgan fingerprint density at radius 3 is 3.00 bits per heavy atom. The average Bonchev–Trinajstić information content (AvgIpc) is 2.39. The highest BCUT2D eigenvalue weighted by atomic mass is 16.2. The predicted molar refractivity (Wildman–Crippen MR) is 67.7 cm³/mol. The molecule has 1 aliphatic rings. The van der Waals surface area contributed by atoms with E-state index in [1.54, 1.807) is 19.3 Å². The number of rotatable bonds is 2. The van der Waals surface area contributed by atoms with Gasteiger partial charge in [-0.2, -0.15) is 0 Å². The number of nitrogens with zero attached hydrogens (tertiary/aromatic N) is 2. The van der Waals surface area contributed by atoms with Crippen molar-refractivity contribution in [2.75, 3.05) is 24.2 Å². The van der Waals surface area contributed by atoms with Crippen LogP contribution in [0.3, 0.4) is 0 Å². The van der Waals surface area contributed by atoms with Crippen molar-refractivity contribution in [3.8, 4) is 0 Å². The van der Waals surface area contributed by atoms with Crippen molar-refractivity contribution in [2.45, 2.75) is 25.3 Å². The number of aromatic nitrogens is 1. The van der Waals surface area contributed by atoms with Crippen LogP contribution in [-0.4, -0.2) is 30.5 Å². The summed E-state index contributed by atoms with van der Waals surface area (Å²) in [5, 5.41) is 2.72. The van der Waals surface area contributed by atoms with Crippen molar-refractivity contribution in [1.82, 2.24) is 10.3 Å². The van der Waals surface area contributed by atoms with E-state index in [2.05, 4.69) is 15.2 Å². The number of hydrogen-bond acceptors (Lipinski definition) is 4. The van der Waals surface area contributed by atoms with Gasteiger partial charge in [0.1, 0.15) is 11.9 Å². The van der Waals surface area contributed by atoms with Crippen molar-refractivity contribution in [2.24, 2.45) is 0 Å². The van der Waals surface area contributed by atoms with Crippen molar-refractivity contribution in [3.63, 3.8) is 0 Å². The van der Waals surface area contributed by atoms with E-state index in [0.717, 1.165) is 31.5 Å². The summed E-state index contributed by atoms with van der Waals surface area (Å²) in [5.74, 6) is 0.573. The number of carbonyl (C=O) groups excluding carboxylic acids is 1. The lowest BCUT2D eigenvalue weighted by molar-refractivity contribution is -0.122. The number of piperidine rings is 1. The van der Waals surface area contributed by atoms with E-state index < -0.39 is 0 Å². The van der Waals surface area contributed by atoms with Crippen molar-refractivity contribution in [3.05, 3.63) is 18.3 Å². The summed E-state index contributed by atoms with van der Waals surface area (Å²) in [6, 6.07) is 3.60. The minimum Gasteiger partial charge on any atom is -0.384 e. The zero-order valence-electron chi connectivity index (χ0n) is 10.0. The third-order valence-electron chi connectivity index (χ3n) is 3.15. The summed E-state index contributed by atoms with van der Waals surface area (Å²) in [6.45, 7) is 0.893. The second-order valence-corrected chi connectivity index (χ2v) is 4.26. The molecule has 2 rings (SSSR count). The van der Waals surface area contributed by atoms with Crippen LogP contribution in [-0.2, 0) is 4.79 Å². The van der Waals surface area contributed by atoms with Crippen molar-refractivity contribution in [1.29, 1.82) is 0 Å². The van der Waals surface area contributed by atoms with E-state index in [4.69, 9.17) is 5.73 Å². The standard InChI is InChI=1S/C12H18N4O/c1-14-12(17)10-4-2-3-7-16(10)9-5-6-11(13)15-8-9/h5-6,8,10H,2-4,7H2,1H3,(H2,13,15)(H,14,17). The molecule has 0 saturated carbocycles. The zero-order valence-corrected chi connectivity index (χ0v) is 10.0. The Morgan fingerprint density at radius 2 is 2.35 bits per heavy atom. The minimum absolute atomic E-state index is 0.0709. The highest BCUT2D eigenvalue weighted by Crippen LogP contribution is 2.24. The highest BCUT2D eigenvalue weighted by molar-refractivity contribution is 5.85. The maximum Gasteiger partial charge on any atom is 0.242 e. The van der Waals surface area contributed by atoms with Gasteiger partial charge in [-0.1, -0.05) is 0 Å². The molecule has 0 aliphatic carbocycles. The quantitative estimate of drug-likeness (QED) is 0.793. The lowest BCUT2D eigenvalue weighted by atomic mass is 10.0. The molecule has 0 bridgehead atoms. The monoisotopic (exact) mass is 234 g/mol. The van der Waals surface area contributed by atoms with E-state index in [9.17, 15) is 4.79 Å². The first-order valence-electron chi connectivity index (χ1n) is 5.92. The lowest BCUT2D eigenvalue weighted by Crippen LogP contribution is -2.48. The van der Waals surface area contributed by atoms with E-state index in [1.165, 1.54) is 0 Å². The summed E-state index contributed by atoms with van der Waals surface area (Å²) >= 11 is 0. The van der Waals surface area contributed by atoms with Gasteiger partial charge >= 0.3 is 0 Å². The number of amides is 1. The average molecular weight is 234 g/mol. The molecule has 0 radical (unpaired) electrons. The van der Waals surface area contributed by atoms with Crippen LogP contribution in [0, 0.1) is 0 Å². The first-order chi connectivity index (χ1) is 8.22. The maximum absolute atomic E-state index is 11.8. The summed E-state index contributed by atoms with van der Waals surface area (Å²) in [7, 11) is 1.68. The number of hydrogen-bond donors (Lipinski definition) is 2. The second-order valence-electron chi connectivity index (χ2n) is 4.26. The molecular weight excluding hydrogens is 216 g/mol. The molecule has 17 heavy (non-hydrogen) atoms. The van der Waals surface area contributed by atoms with Gasteiger partial charge in [0.25, 0.3) is 0 Å². The molecule has 5 nitrogen and oxygen atoms in total. The highest BCUT2D eigenvalue weighted by Gasteiger charge is 2.28. The van der Waals surface area contributed by atoms with E-state index in [1.807, 2.05) is 6.07 Å². The van der Waals surface area contributed by atoms with Crippen LogP contribution in [0.15, 0.2) is 18.3 Å². The fraction of sp³-hybridized carbons (Fsp3) is 0.500. The third-order valence-corrected chi connectivity index (χ3v) is 3.15. The van der Waals surface area contributed by atoms with Gasteiger partial charge in [0.2, 0.25) is 5.91 Å². The van der Waals surface area contributed by atoms with Gasteiger partial charge in [-0.25, -0.2) is 4.98 Å². The van der Waals surface area contributed by atoms with Crippen molar-refractivity contribution >= 4 is 17.4 Å². The van der Waals surface area contributed by atoms with Crippen LogP contribution in [0.25, 0.3) is 0 Å². The van der Waals surface area contributed by atoms with Crippen LogP contribution in [0.2, 0.25) is 0 Å². The molecule has 1 aromatic rings. The van der Waals surface area contributed by atoms with Crippen LogP contribution < -0.4 is 16.0 Å². The zero-order chi connectivity index (χ0) is 12.3. The Kier molecular flexibility index (Phi) is 3.46. The normalized spacial score (nSPS) is 20.1. The topological polar surface area (TPSA) is 71.2 Å². The van der Waals surface area contributed by atoms with Crippen LogP contribution >= 0.6 is 0 Å². The Balaban J connectivity index is 2.21. The molecule has 1 aromatic heterocycles. The Bertz CT molecular complexity index is 390. The molecule has 0 aromatic carbocycles. The SMILES string of the molecule is CNC(=O)C1CCCCN1c1ccc(N)nc1. The van der Waals surface area contributed by atoms with Gasteiger partial charge < -0.3 is 16.0 Å². The van der Waals surface area contributed by atoms with Gasteiger partial charge in [0, 0.05) is 13.6 Å².